The number of aromatic nitrogens is 1. The van der Waals surface area contributed by atoms with E-state index in [9.17, 15) is 4.79 Å². The van der Waals surface area contributed by atoms with Crippen molar-refractivity contribution in [2.45, 2.75) is 12.5 Å². The molecule has 26 heavy (non-hydrogen) atoms. The normalized spacial score (nSPS) is 20.9. The number of rotatable bonds is 4. The first-order valence-corrected chi connectivity index (χ1v) is 9.08. The summed E-state index contributed by atoms with van der Waals surface area (Å²) in [7, 11) is 0. The van der Waals surface area contributed by atoms with E-state index >= 15 is 0 Å². The topological polar surface area (TPSA) is 54.9 Å². The van der Waals surface area contributed by atoms with Gasteiger partial charge in [-0.15, -0.1) is 0 Å². The molecular weight excluding hydrogens is 330 g/mol. The molecule has 2 aliphatic rings. The highest BCUT2D eigenvalue weighted by atomic mass is 16.5. The zero-order chi connectivity index (χ0) is 17.8. The molecule has 1 unspecified atom stereocenters. The number of hydrogen-bond donors (Lipinski definition) is 0. The Balaban J connectivity index is 1.36. The Morgan fingerprint density at radius 1 is 1.08 bits per heavy atom. The summed E-state index contributed by atoms with van der Waals surface area (Å²) in [6.45, 7) is 5.13. The third-order valence-corrected chi connectivity index (χ3v) is 4.98. The second-order valence-electron chi connectivity index (χ2n) is 6.66. The predicted octanol–water partition coefficient (Wildman–Crippen LogP) is 2.42. The molecule has 4 rings (SSSR count). The van der Waals surface area contributed by atoms with Crippen LogP contribution >= 0.6 is 0 Å². The minimum Gasteiger partial charge on any atom is -0.456 e. The number of carbonyl (C=O) groups is 1. The number of likely N-dealkylation sites (tertiary alicyclic amines) is 1. The maximum absolute atomic E-state index is 12.8. The van der Waals surface area contributed by atoms with Gasteiger partial charge in [0.25, 0.3) is 5.91 Å². The fourth-order valence-electron chi connectivity index (χ4n) is 3.56. The smallest absolute Gasteiger partial charge is 0.253 e. The fraction of sp³-hybridized carbons (Fsp3) is 0.400. The van der Waals surface area contributed by atoms with Crippen LogP contribution < -0.4 is 4.74 Å². The first-order valence-electron chi connectivity index (χ1n) is 9.08. The first kappa shape index (κ1) is 17.0. The molecular formula is C20H23N3O3. The Hall–Kier alpha value is -2.44. The molecule has 0 spiro atoms. The van der Waals surface area contributed by atoms with Crippen molar-refractivity contribution in [3.8, 4) is 11.5 Å². The molecule has 136 valence electrons. The van der Waals surface area contributed by atoms with Crippen molar-refractivity contribution in [1.29, 1.82) is 0 Å². The summed E-state index contributed by atoms with van der Waals surface area (Å²) >= 11 is 0. The second-order valence-corrected chi connectivity index (χ2v) is 6.66. The van der Waals surface area contributed by atoms with E-state index in [2.05, 4.69) is 9.88 Å². The van der Waals surface area contributed by atoms with Crippen LogP contribution in [0.5, 0.6) is 11.5 Å². The molecule has 2 fully saturated rings. The molecule has 2 saturated heterocycles. The highest BCUT2D eigenvalue weighted by Gasteiger charge is 2.31. The minimum atomic E-state index is 0.0914. The van der Waals surface area contributed by atoms with E-state index in [0.29, 0.717) is 23.1 Å². The van der Waals surface area contributed by atoms with Gasteiger partial charge in [0, 0.05) is 44.0 Å². The SMILES string of the molecule is O=C(c1ccc(Oc2cccnc2)cc1)N1CCC(N2CCOCC2)C1. The average molecular weight is 353 g/mol. The molecule has 3 heterocycles. The molecule has 1 amide bonds. The van der Waals surface area contributed by atoms with Crippen LogP contribution in [-0.4, -0.2) is 66.1 Å². The van der Waals surface area contributed by atoms with Crippen LogP contribution in [0, 0.1) is 0 Å². The standard InChI is InChI=1S/C20H23N3O3/c24-20(23-9-7-17(15-23)22-10-12-25-13-11-22)16-3-5-18(6-4-16)26-19-2-1-8-21-14-19/h1-6,8,14,17H,7,9-13,15H2. The van der Waals surface area contributed by atoms with Crippen LogP contribution in [0.15, 0.2) is 48.8 Å². The van der Waals surface area contributed by atoms with Gasteiger partial charge in [0.05, 0.1) is 19.4 Å². The lowest BCUT2D eigenvalue weighted by atomic mass is 10.2. The maximum atomic E-state index is 12.8. The van der Waals surface area contributed by atoms with Crippen molar-refractivity contribution in [1.82, 2.24) is 14.8 Å². The van der Waals surface area contributed by atoms with Gasteiger partial charge in [-0.25, -0.2) is 0 Å². The Labute approximate surface area is 153 Å². The zero-order valence-corrected chi connectivity index (χ0v) is 14.7. The molecule has 6 nitrogen and oxygen atoms in total. The molecule has 0 aliphatic carbocycles. The summed E-state index contributed by atoms with van der Waals surface area (Å²) in [5, 5.41) is 0. The number of pyridine rings is 1. The largest absolute Gasteiger partial charge is 0.456 e. The molecule has 0 saturated carbocycles. The number of benzene rings is 1. The lowest BCUT2D eigenvalue weighted by Crippen LogP contribution is -2.45. The Kier molecular flexibility index (Phi) is 5.13. The van der Waals surface area contributed by atoms with Crippen LogP contribution in [0.4, 0.5) is 0 Å². The van der Waals surface area contributed by atoms with Gasteiger partial charge in [-0.2, -0.15) is 0 Å². The van der Waals surface area contributed by atoms with Crippen molar-refractivity contribution in [2.24, 2.45) is 0 Å². The third-order valence-electron chi connectivity index (χ3n) is 4.98. The monoisotopic (exact) mass is 353 g/mol. The van der Waals surface area contributed by atoms with E-state index in [0.717, 1.165) is 45.8 Å². The summed E-state index contributed by atoms with van der Waals surface area (Å²) in [6, 6.07) is 11.4. The van der Waals surface area contributed by atoms with Crippen LogP contribution in [0.1, 0.15) is 16.8 Å². The van der Waals surface area contributed by atoms with Crippen LogP contribution in [-0.2, 0) is 4.74 Å². The van der Waals surface area contributed by atoms with Crippen LogP contribution in [0.25, 0.3) is 0 Å². The number of morpholine rings is 1. The van der Waals surface area contributed by atoms with Gasteiger partial charge >= 0.3 is 0 Å². The summed E-state index contributed by atoms with van der Waals surface area (Å²) in [4.78, 5) is 21.2. The predicted molar refractivity (Wildman–Crippen MR) is 97.5 cm³/mol. The zero-order valence-electron chi connectivity index (χ0n) is 14.7. The Morgan fingerprint density at radius 3 is 2.62 bits per heavy atom. The van der Waals surface area contributed by atoms with Crippen LogP contribution in [0.2, 0.25) is 0 Å². The van der Waals surface area contributed by atoms with Gasteiger partial charge in [-0.05, 0) is 42.8 Å². The van der Waals surface area contributed by atoms with E-state index in [1.165, 1.54) is 0 Å². The average Bonchev–Trinajstić information content (AvgIpc) is 3.20. The van der Waals surface area contributed by atoms with Gasteiger partial charge < -0.3 is 14.4 Å². The quantitative estimate of drug-likeness (QED) is 0.845. The van der Waals surface area contributed by atoms with Gasteiger partial charge in [-0.3, -0.25) is 14.7 Å². The molecule has 0 N–H and O–H groups in total. The van der Waals surface area contributed by atoms with Gasteiger partial charge in [-0.1, -0.05) is 0 Å². The molecule has 1 atom stereocenters. The van der Waals surface area contributed by atoms with E-state index in [1.54, 1.807) is 12.4 Å². The van der Waals surface area contributed by atoms with Crippen LogP contribution in [0.3, 0.4) is 0 Å². The van der Waals surface area contributed by atoms with Crippen molar-refractivity contribution in [2.75, 3.05) is 39.4 Å². The molecule has 0 radical (unpaired) electrons. The van der Waals surface area contributed by atoms with Gasteiger partial charge in [0.15, 0.2) is 0 Å². The summed E-state index contributed by atoms with van der Waals surface area (Å²) in [5.74, 6) is 1.47. The highest BCUT2D eigenvalue weighted by Crippen LogP contribution is 2.23. The molecule has 2 aromatic rings. The maximum Gasteiger partial charge on any atom is 0.253 e. The lowest BCUT2D eigenvalue weighted by molar-refractivity contribution is 0.0185. The second kappa shape index (κ2) is 7.85. The van der Waals surface area contributed by atoms with Gasteiger partial charge in [0.1, 0.15) is 11.5 Å². The third kappa shape index (κ3) is 3.86. The highest BCUT2D eigenvalue weighted by molar-refractivity contribution is 5.94. The Bertz CT molecular complexity index is 730. The molecule has 6 heteroatoms. The molecule has 2 aliphatic heterocycles. The van der Waals surface area contributed by atoms with E-state index < -0.39 is 0 Å². The number of hydrogen-bond acceptors (Lipinski definition) is 5. The number of carbonyl (C=O) groups excluding carboxylic acids is 1. The molecule has 1 aromatic carbocycles. The summed E-state index contributed by atoms with van der Waals surface area (Å²) in [5.41, 5.74) is 0.700. The summed E-state index contributed by atoms with van der Waals surface area (Å²) < 4.78 is 11.1. The van der Waals surface area contributed by atoms with Crippen molar-refractivity contribution in [3.05, 3.63) is 54.4 Å². The minimum absolute atomic E-state index is 0.0914. The fourth-order valence-corrected chi connectivity index (χ4v) is 3.56. The number of nitrogens with zero attached hydrogens (tertiary/aromatic N) is 3. The Morgan fingerprint density at radius 2 is 1.88 bits per heavy atom. The summed E-state index contributed by atoms with van der Waals surface area (Å²) in [6.07, 6.45) is 4.40. The van der Waals surface area contributed by atoms with E-state index in [-0.39, 0.29) is 5.91 Å². The lowest BCUT2D eigenvalue weighted by Gasteiger charge is -2.32. The van der Waals surface area contributed by atoms with Crippen molar-refractivity contribution < 1.29 is 14.3 Å². The van der Waals surface area contributed by atoms with Crippen molar-refractivity contribution >= 4 is 5.91 Å². The molecule has 0 bridgehead atoms. The number of ether oxygens (including phenoxy) is 2. The van der Waals surface area contributed by atoms with E-state index in [4.69, 9.17) is 9.47 Å². The van der Waals surface area contributed by atoms with Gasteiger partial charge in [0.2, 0.25) is 0 Å². The van der Waals surface area contributed by atoms with E-state index in [1.807, 2.05) is 41.3 Å². The first-order chi connectivity index (χ1) is 12.8. The molecule has 1 aromatic heterocycles. The number of amides is 1. The van der Waals surface area contributed by atoms with Crippen molar-refractivity contribution in [3.63, 3.8) is 0 Å².